The summed E-state index contributed by atoms with van der Waals surface area (Å²) in [6, 6.07) is 0. The van der Waals surface area contributed by atoms with E-state index >= 15 is 0 Å². The Hall–Kier alpha value is -1.14. The van der Waals surface area contributed by atoms with Crippen LogP contribution < -0.4 is 10.6 Å². The van der Waals surface area contributed by atoms with E-state index in [1.807, 2.05) is 4.90 Å². The first-order valence-electron chi connectivity index (χ1n) is 5.27. The number of thiazole rings is 1. The molecule has 5 nitrogen and oxygen atoms in total. The molecule has 0 aliphatic carbocycles. The van der Waals surface area contributed by atoms with E-state index < -0.39 is 0 Å². The summed E-state index contributed by atoms with van der Waals surface area (Å²) in [5, 5.41) is 0.907. The second-order valence-electron chi connectivity index (χ2n) is 3.96. The highest BCUT2D eigenvalue weighted by Gasteiger charge is 2.26. The number of carbonyl (C=O) groups excluding carboxylic acids is 2. The Morgan fingerprint density at radius 1 is 1.65 bits per heavy atom. The van der Waals surface area contributed by atoms with Crippen LogP contribution in [0.2, 0.25) is 5.15 Å². The molecule has 7 heteroatoms. The van der Waals surface area contributed by atoms with E-state index in [-0.39, 0.29) is 17.0 Å². The molecular weight excluding hydrogens is 262 g/mol. The van der Waals surface area contributed by atoms with Gasteiger partial charge in [0.05, 0.1) is 5.92 Å². The number of nitrogens with zero attached hydrogens (tertiary/aromatic N) is 2. The zero-order valence-electron chi connectivity index (χ0n) is 9.06. The van der Waals surface area contributed by atoms with Crippen LogP contribution >= 0.6 is 22.9 Å². The largest absolute Gasteiger partial charge is 0.369 e. The van der Waals surface area contributed by atoms with Gasteiger partial charge >= 0.3 is 0 Å². The van der Waals surface area contributed by atoms with Crippen molar-refractivity contribution in [3.63, 3.8) is 0 Å². The molecule has 0 radical (unpaired) electrons. The fourth-order valence-electron chi connectivity index (χ4n) is 1.89. The first kappa shape index (κ1) is 12.3. The number of hydrogen-bond donors (Lipinski definition) is 1. The van der Waals surface area contributed by atoms with Crippen molar-refractivity contribution in [1.29, 1.82) is 0 Å². The molecule has 2 rings (SSSR count). The second kappa shape index (κ2) is 5.01. The van der Waals surface area contributed by atoms with Crippen molar-refractivity contribution in [3.8, 4) is 0 Å². The Balaban J connectivity index is 2.15. The quantitative estimate of drug-likeness (QED) is 0.843. The van der Waals surface area contributed by atoms with Gasteiger partial charge in [-0.15, -0.1) is 0 Å². The number of hydrogen-bond acceptors (Lipinski definition) is 5. The predicted molar refractivity (Wildman–Crippen MR) is 66.6 cm³/mol. The smallest absolute Gasteiger partial charge is 0.222 e. The van der Waals surface area contributed by atoms with E-state index in [1.54, 1.807) is 0 Å². The molecule has 0 spiro atoms. The van der Waals surface area contributed by atoms with Crippen LogP contribution in [0.1, 0.15) is 22.5 Å². The van der Waals surface area contributed by atoms with E-state index in [0.717, 1.165) is 19.4 Å². The Morgan fingerprint density at radius 3 is 3.00 bits per heavy atom. The number of primary amides is 1. The number of nitrogens with two attached hydrogens (primary N) is 1. The van der Waals surface area contributed by atoms with E-state index in [2.05, 4.69) is 4.98 Å². The van der Waals surface area contributed by atoms with Gasteiger partial charge < -0.3 is 10.6 Å². The zero-order chi connectivity index (χ0) is 12.4. The third kappa shape index (κ3) is 2.58. The summed E-state index contributed by atoms with van der Waals surface area (Å²) in [5.74, 6) is -0.431. The summed E-state index contributed by atoms with van der Waals surface area (Å²) < 4.78 is 0. The second-order valence-corrected chi connectivity index (χ2v) is 5.32. The molecular formula is C10H12ClN3O2S. The first-order chi connectivity index (χ1) is 8.11. The average molecular weight is 274 g/mol. The standard InChI is InChI=1S/C10H12ClN3O2S/c11-8-7(5-15)17-10(13-8)14-3-1-2-6(4-14)9(12)16/h5-6H,1-4H2,(H2,12,16). The molecule has 1 aromatic rings. The Morgan fingerprint density at radius 2 is 2.41 bits per heavy atom. The zero-order valence-corrected chi connectivity index (χ0v) is 10.6. The van der Waals surface area contributed by atoms with Crippen LogP contribution in [0.3, 0.4) is 0 Å². The molecule has 1 saturated heterocycles. The molecule has 1 atom stereocenters. The van der Waals surface area contributed by atoms with E-state index in [1.165, 1.54) is 11.3 Å². The lowest BCUT2D eigenvalue weighted by Gasteiger charge is -2.30. The summed E-state index contributed by atoms with van der Waals surface area (Å²) in [4.78, 5) is 28.4. The van der Waals surface area contributed by atoms with Crippen molar-refractivity contribution in [3.05, 3.63) is 10.0 Å². The highest BCUT2D eigenvalue weighted by Crippen LogP contribution is 2.31. The molecule has 1 aromatic heterocycles. The molecule has 0 aromatic carbocycles. The van der Waals surface area contributed by atoms with Crippen LogP contribution in [0, 0.1) is 5.92 Å². The summed E-state index contributed by atoms with van der Waals surface area (Å²) in [6.07, 6.45) is 2.39. The van der Waals surface area contributed by atoms with Crippen molar-refractivity contribution >= 4 is 40.3 Å². The van der Waals surface area contributed by atoms with Crippen LogP contribution in [0.15, 0.2) is 0 Å². The number of anilines is 1. The maximum atomic E-state index is 11.2. The normalized spacial score (nSPS) is 20.3. The number of rotatable bonds is 3. The van der Waals surface area contributed by atoms with Gasteiger partial charge in [0.15, 0.2) is 16.6 Å². The summed E-state index contributed by atoms with van der Waals surface area (Å²) >= 11 is 7.06. The molecule has 17 heavy (non-hydrogen) atoms. The predicted octanol–water partition coefficient (Wildman–Crippen LogP) is 1.31. The van der Waals surface area contributed by atoms with Gasteiger partial charge in [0.2, 0.25) is 5.91 Å². The highest BCUT2D eigenvalue weighted by molar-refractivity contribution is 7.17. The van der Waals surface area contributed by atoms with Gasteiger partial charge in [-0.3, -0.25) is 9.59 Å². The van der Waals surface area contributed by atoms with Crippen molar-refractivity contribution < 1.29 is 9.59 Å². The third-order valence-corrected chi connectivity index (χ3v) is 4.24. The molecule has 1 aliphatic heterocycles. The van der Waals surface area contributed by atoms with Crippen LogP contribution in [0.4, 0.5) is 5.13 Å². The van der Waals surface area contributed by atoms with E-state index in [0.29, 0.717) is 22.8 Å². The van der Waals surface area contributed by atoms with Crippen molar-refractivity contribution in [2.24, 2.45) is 11.7 Å². The minimum atomic E-state index is -0.284. The lowest BCUT2D eigenvalue weighted by molar-refractivity contribution is -0.122. The summed E-state index contributed by atoms with van der Waals surface area (Å²) in [7, 11) is 0. The number of halogens is 1. The third-order valence-electron chi connectivity index (χ3n) is 2.80. The average Bonchev–Trinajstić information content (AvgIpc) is 2.71. The van der Waals surface area contributed by atoms with E-state index in [4.69, 9.17) is 17.3 Å². The van der Waals surface area contributed by atoms with Gasteiger partial charge in [0.1, 0.15) is 4.88 Å². The van der Waals surface area contributed by atoms with Gasteiger partial charge in [-0.25, -0.2) is 4.98 Å². The van der Waals surface area contributed by atoms with Gasteiger partial charge in [-0.1, -0.05) is 22.9 Å². The monoisotopic (exact) mass is 273 g/mol. The number of aldehydes is 1. The molecule has 92 valence electrons. The van der Waals surface area contributed by atoms with Crippen molar-refractivity contribution in [1.82, 2.24) is 4.98 Å². The molecule has 0 saturated carbocycles. The highest BCUT2D eigenvalue weighted by atomic mass is 35.5. The van der Waals surface area contributed by atoms with Crippen LogP contribution in [0.5, 0.6) is 0 Å². The molecule has 2 N–H and O–H groups in total. The molecule has 1 unspecified atom stereocenters. The summed E-state index contributed by atoms with van der Waals surface area (Å²) in [5.41, 5.74) is 5.30. The molecule has 1 aliphatic rings. The maximum absolute atomic E-state index is 11.2. The topological polar surface area (TPSA) is 76.3 Å². The lowest BCUT2D eigenvalue weighted by atomic mass is 9.98. The minimum absolute atomic E-state index is 0.147. The Labute approximate surface area is 108 Å². The van der Waals surface area contributed by atoms with Crippen LogP contribution in [0.25, 0.3) is 0 Å². The fraction of sp³-hybridized carbons (Fsp3) is 0.500. The number of carbonyl (C=O) groups is 2. The van der Waals surface area contributed by atoms with Crippen molar-refractivity contribution in [2.45, 2.75) is 12.8 Å². The maximum Gasteiger partial charge on any atom is 0.222 e. The number of amides is 1. The minimum Gasteiger partial charge on any atom is -0.369 e. The lowest BCUT2D eigenvalue weighted by Crippen LogP contribution is -2.41. The Bertz CT molecular complexity index is 449. The van der Waals surface area contributed by atoms with Gasteiger partial charge in [0.25, 0.3) is 0 Å². The molecule has 1 fully saturated rings. The van der Waals surface area contributed by atoms with E-state index in [9.17, 15) is 9.59 Å². The Kier molecular flexibility index (Phi) is 3.63. The van der Waals surface area contributed by atoms with Gasteiger partial charge in [-0.05, 0) is 12.8 Å². The van der Waals surface area contributed by atoms with Crippen LogP contribution in [-0.4, -0.2) is 30.3 Å². The first-order valence-corrected chi connectivity index (χ1v) is 6.47. The van der Waals surface area contributed by atoms with Crippen molar-refractivity contribution in [2.75, 3.05) is 18.0 Å². The summed E-state index contributed by atoms with van der Waals surface area (Å²) in [6.45, 7) is 1.36. The fourth-order valence-corrected chi connectivity index (χ4v) is 2.99. The number of piperidine rings is 1. The molecule has 2 heterocycles. The number of aromatic nitrogens is 1. The molecule has 1 amide bonds. The molecule has 0 bridgehead atoms. The van der Waals surface area contributed by atoms with Gasteiger partial charge in [-0.2, -0.15) is 0 Å². The van der Waals surface area contributed by atoms with Gasteiger partial charge in [0, 0.05) is 13.1 Å². The van der Waals surface area contributed by atoms with Crippen LogP contribution in [-0.2, 0) is 4.79 Å². The SMILES string of the molecule is NC(=O)C1CCCN(c2nc(Cl)c(C=O)s2)C1.